The summed E-state index contributed by atoms with van der Waals surface area (Å²) in [5, 5.41) is 2.82. The van der Waals surface area contributed by atoms with Crippen molar-refractivity contribution in [2.45, 2.75) is 20.5 Å². The van der Waals surface area contributed by atoms with Crippen molar-refractivity contribution in [2.75, 3.05) is 43.1 Å². The van der Waals surface area contributed by atoms with E-state index in [1.165, 1.54) is 12.3 Å². The maximum atomic E-state index is 12.9. The summed E-state index contributed by atoms with van der Waals surface area (Å²) in [6.07, 6.45) is 3.25. The number of halogens is 1. The first-order valence-corrected chi connectivity index (χ1v) is 11.0. The summed E-state index contributed by atoms with van der Waals surface area (Å²) in [6.45, 7) is 6.61. The van der Waals surface area contributed by atoms with Crippen LogP contribution in [0.1, 0.15) is 28.5 Å². The van der Waals surface area contributed by atoms with E-state index >= 15 is 0 Å². The Kier molecular flexibility index (Phi) is 7.14. The number of aryl methyl sites for hydroxylation is 1. The molecule has 3 aromatic rings. The minimum Gasteiger partial charge on any atom is -0.476 e. The number of ether oxygens (including phenoxy) is 2. The summed E-state index contributed by atoms with van der Waals surface area (Å²) in [6, 6.07) is 10.8. The predicted molar refractivity (Wildman–Crippen MR) is 126 cm³/mol. The standard InChI is InChI=1S/C25H27FN4O3/c1-3-33-25-23(30-8-10-32-11-9-30)13-19(16-28-25)22-12-18(5-4-17(22)2)24(31)29-20-6-7-27-21(14-20)15-26/h4-7,12-14,16H,3,8-11,15H2,1-2H3,(H,27,29,31). The first kappa shape index (κ1) is 22.7. The molecular weight excluding hydrogens is 423 g/mol. The Morgan fingerprint density at radius 2 is 2.00 bits per heavy atom. The van der Waals surface area contributed by atoms with Crippen LogP contribution < -0.4 is 15.0 Å². The van der Waals surface area contributed by atoms with E-state index in [1.807, 2.05) is 26.0 Å². The van der Waals surface area contributed by atoms with Gasteiger partial charge in [-0.2, -0.15) is 0 Å². The molecule has 1 aromatic carbocycles. The number of carbonyl (C=O) groups is 1. The lowest BCUT2D eigenvalue weighted by Crippen LogP contribution is -2.36. The molecule has 0 unspecified atom stereocenters. The van der Waals surface area contributed by atoms with Crippen LogP contribution in [0.15, 0.2) is 48.8 Å². The molecule has 0 bridgehead atoms. The van der Waals surface area contributed by atoms with E-state index in [1.54, 1.807) is 18.3 Å². The van der Waals surface area contributed by atoms with Crippen LogP contribution in [-0.2, 0) is 11.4 Å². The van der Waals surface area contributed by atoms with Gasteiger partial charge in [-0.25, -0.2) is 9.37 Å². The van der Waals surface area contributed by atoms with Crippen molar-refractivity contribution in [1.82, 2.24) is 9.97 Å². The minimum atomic E-state index is -0.686. The van der Waals surface area contributed by atoms with E-state index in [0.29, 0.717) is 37.0 Å². The van der Waals surface area contributed by atoms with Crippen molar-refractivity contribution >= 4 is 17.3 Å². The van der Waals surface area contributed by atoms with Crippen molar-refractivity contribution in [3.63, 3.8) is 0 Å². The highest BCUT2D eigenvalue weighted by Gasteiger charge is 2.19. The van der Waals surface area contributed by atoms with E-state index in [4.69, 9.17) is 9.47 Å². The average molecular weight is 451 g/mol. The van der Waals surface area contributed by atoms with Gasteiger partial charge in [-0.1, -0.05) is 6.07 Å². The molecule has 0 radical (unpaired) electrons. The smallest absolute Gasteiger partial charge is 0.255 e. The number of hydrogen-bond donors (Lipinski definition) is 1. The number of anilines is 2. The lowest BCUT2D eigenvalue weighted by Gasteiger charge is -2.30. The summed E-state index contributed by atoms with van der Waals surface area (Å²) in [5.41, 5.74) is 5.02. The Hall–Kier alpha value is -3.52. The van der Waals surface area contributed by atoms with Crippen molar-refractivity contribution in [1.29, 1.82) is 0 Å². The number of aromatic nitrogens is 2. The molecule has 1 aliphatic heterocycles. The van der Waals surface area contributed by atoms with Crippen LogP contribution in [0.2, 0.25) is 0 Å². The number of carbonyl (C=O) groups excluding carboxylic acids is 1. The van der Waals surface area contributed by atoms with E-state index in [9.17, 15) is 9.18 Å². The van der Waals surface area contributed by atoms with Crippen LogP contribution in [0.5, 0.6) is 5.88 Å². The van der Waals surface area contributed by atoms with Gasteiger partial charge in [0.25, 0.3) is 5.91 Å². The number of nitrogens with one attached hydrogen (secondary N) is 1. The number of alkyl halides is 1. The molecule has 2 aromatic heterocycles. The van der Waals surface area contributed by atoms with E-state index in [-0.39, 0.29) is 11.6 Å². The van der Waals surface area contributed by atoms with Gasteiger partial charge in [0.15, 0.2) is 0 Å². The Morgan fingerprint density at radius 3 is 2.76 bits per heavy atom. The summed E-state index contributed by atoms with van der Waals surface area (Å²) in [4.78, 5) is 23.6. The first-order valence-electron chi connectivity index (χ1n) is 11.0. The predicted octanol–water partition coefficient (Wildman–Crippen LogP) is 4.41. The number of benzene rings is 1. The SMILES string of the molecule is CCOc1ncc(-c2cc(C(=O)Nc3ccnc(CF)c3)ccc2C)cc1N1CCOCC1. The monoisotopic (exact) mass is 450 g/mol. The molecule has 4 rings (SSSR count). The number of rotatable bonds is 7. The molecule has 1 saturated heterocycles. The zero-order chi connectivity index (χ0) is 23.2. The molecule has 0 aliphatic carbocycles. The van der Waals surface area contributed by atoms with Crippen LogP contribution in [0.3, 0.4) is 0 Å². The third kappa shape index (κ3) is 5.28. The second-order valence-corrected chi connectivity index (χ2v) is 7.73. The molecule has 3 heterocycles. The van der Waals surface area contributed by atoms with Gasteiger partial charge < -0.3 is 19.7 Å². The molecule has 33 heavy (non-hydrogen) atoms. The largest absolute Gasteiger partial charge is 0.476 e. The molecule has 0 spiro atoms. The maximum Gasteiger partial charge on any atom is 0.255 e. The second-order valence-electron chi connectivity index (χ2n) is 7.73. The lowest BCUT2D eigenvalue weighted by atomic mass is 9.98. The Balaban J connectivity index is 1.64. The maximum absolute atomic E-state index is 12.9. The van der Waals surface area contributed by atoms with Gasteiger partial charge >= 0.3 is 0 Å². The summed E-state index contributed by atoms with van der Waals surface area (Å²) >= 11 is 0. The number of amides is 1. The zero-order valence-electron chi connectivity index (χ0n) is 18.8. The fourth-order valence-corrected chi connectivity index (χ4v) is 3.77. The van der Waals surface area contributed by atoms with Crippen molar-refractivity contribution in [3.05, 3.63) is 65.6 Å². The van der Waals surface area contributed by atoms with Crippen LogP contribution in [0.25, 0.3) is 11.1 Å². The Bertz CT molecular complexity index is 1130. The summed E-state index contributed by atoms with van der Waals surface area (Å²) in [5.74, 6) is 0.315. The molecule has 1 aliphatic rings. The van der Waals surface area contributed by atoms with Gasteiger partial charge in [0, 0.05) is 42.3 Å². The molecule has 0 saturated carbocycles. The van der Waals surface area contributed by atoms with Crippen LogP contribution in [-0.4, -0.2) is 48.8 Å². The summed E-state index contributed by atoms with van der Waals surface area (Å²) in [7, 11) is 0. The zero-order valence-corrected chi connectivity index (χ0v) is 18.8. The fourth-order valence-electron chi connectivity index (χ4n) is 3.77. The quantitative estimate of drug-likeness (QED) is 0.575. The molecule has 1 fully saturated rings. The molecule has 7 nitrogen and oxygen atoms in total. The van der Waals surface area contributed by atoms with E-state index in [2.05, 4.69) is 26.3 Å². The Morgan fingerprint density at radius 1 is 1.18 bits per heavy atom. The Labute approximate surface area is 192 Å². The van der Waals surface area contributed by atoms with Crippen molar-refractivity contribution < 1.29 is 18.7 Å². The molecule has 0 atom stereocenters. The normalized spacial score (nSPS) is 13.6. The molecule has 8 heteroatoms. The highest BCUT2D eigenvalue weighted by atomic mass is 19.1. The third-order valence-corrected chi connectivity index (χ3v) is 5.49. The first-order chi connectivity index (χ1) is 16.1. The third-order valence-electron chi connectivity index (χ3n) is 5.49. The van der Waals surface area contributed by atoms with Crippen LogP contribution in [0, 0.1) is 6.92 Å². The van der Waals surface area contributed by atoms with Gasteiger partial charge in [-0.15, -0.1) is 0 Å². The average Bonchev–Trinajstić information content (AvgIpc) is 2.85. The van der Waals surface area contributed by atoms with Crippen molar-refractivity contribution in [2.24, 2.45) is 0 Å². The van der Waals surface area contributed by atoms with Gasteiger partial charge in [-0.3, -0.25) is 9.78 Å². The topological polar surface area (TPSA) is 76.6 Å². The lowest BCUT2D eigenvalue weighted by molar-refractivity contribution is 0.102. The van der Waals surface area contributed by atoms with Crippen molar-refractivity contribution in [3.8, 4) is 17.0 Å². The molecule has 1 N–H and O–H groups in total. The summed E-state index contributed by atoms with van der Waals surface area (Å²) < 4.78 is 24.2. The van der Waals surface area contributed by atoms with Gasteiger partial charge in [-0.05, 0) is 55.3 Å². The fraction of sp³-hybridized carbons (Fsp3) is 0.320. The second kappa shape index (κ2) is 10.4. The molecule has 172 valence electrons. The number of hydrogen-bond acceptors (Lipinski definition) is 6. The van der Waals surface area contributed by atoms with E-state index < -0.39 is 6.67 Å². The van der Waals surface area contributed by atoms with Crippen LogP contribution >= 0.6 is 0 Å². The number of nitrogens with zero attached hydrogens (tertiary/aromatic N) is 3. The molecular formula is C25H27FN4O3. The van der Waals surface area contributed by atoms with Gasteiger partial charge in [0.2, 0.25) is 5.88 Å². The minimum absolute atomic E-state index is 0.272. The highest BCUT2D eigenvalue weighted by molar-refractivity contribution is 6.05. The van der Waals surface area contributed by atoms with Crippen LogP contribution in [0.4, 0.5) is 15.8 Å². The van der Waals surface area contributed by atoms with Gasteiger partial charge in [0.1, 0.15) is 12.4 Å². The highest BCUT2D eigenvalue weighted by Crippen LogP contribution is 2.33. The number of morpholine rings is 1. The number of pyridine rings is 2. The molecule has 1 amide bonds. The van der Waals surface area contributed by atoms with E-state index in [0.717, 1.165) is 35.5 Å². The van der Waals surface area contributed by atoms with Gasteiger partial charge in [0.05, 0.1) is 25.5 Å².